The summed E-state index contributed by atoms with van der Waals surface area (Å²) in [4.78, 5) is 23.5. The van der Waals surface area contributed by atoms with E-state index in [-0.39, 0.29) is 34.3 Å². The minimum atomic E-state index is -4.54. The molecule has 0 saturated heterocycles. The quantitative estimate of drug-likeness (QED) is 0.651. The van der Waals surface area contributed by atoms with E-state index in [4.69, 9.17) is 14.7 Å². The zero-order valence-electron chi connectivity index (χ0n) is 16.0. The van der Waals surface area contributed by atoms with E-state index in [1.54, 1.807) is 6.07 Å². The highest BCUT2D eigenvalue weighted by atomic mass is 19.4. The fourth-order valence-corrected chi connectivity index (χ4v) is 2.33. The number of carbonyl (C=O) groups excluding carboxylic acids is 2. The van der Waals surface area contributed by atoms with Crippen LogP contribution in [0.3, 0.4) is 0 Å². The largest absolute Gasteiger partial charge is 0.493 e. The molecule has 0 bridgehead atoms. The van der Waals surface area contributed by atoms with Crippen molar-refractivity contribution in [2.24, 2.45) is 0 Å². The van der Waals surface area contributed by atoms with Crippen molar-refractivity contribution >= 4 is 17.4 Å². The highest BCUT2D eigenvalue weighted by Gasteiger charge is 2.28. The lowest BCUT2D eigenvalue weighted by atomic mass is 10.1. The third kappa shape index (κ3) is 6.41. The zero-order chi connectivity index (χ0) is 22.3. The molecule has 0 radical (unpaired) electrons. The minimum absolute atomic E-state index is 0.159. The lowest BCUT2D eigenvalue weighted by molar-refractivity contribution is -0.153. The summed E-state index contributed by atoms with van der Waals surface area (Å²) in [5.74, 6) is -0.479. The Bertz CT molecular complexity index is 983. The Morgan fingerprint density at radius 1 is 1.07 bits per heavy atom. The Kier molecular flexibility index (Phi) is 7.25. The number of nitriles is 1. The van der Waals surface area contributed by atoms with Gasteiger partial charge in [-0.1, -0.05) is 0 Å². The van der Waals surface area contributed by atoms with Crippen molar-refractivity contribution in [2.75, 3.05) is 25.6 Å². The maximum atomic E-state index is 12.3. The average molecular weight is 422 g/mol. The molecule has 2 aromatic rings. The van der Waals surface area contributed by atoms with Crippen LogP contribution in [0.1, 0.15) is 22.8 Å². The van der Waals surface area contributed by atoms with Gasteiger partial charge in [-0.15, -0.1) is 0 Å². The van der Waals surface area contributed by atoms with Crippen LogP contribution in [-0.4, -0.2) is 38.2 Å². The van der Waals surface area contributed by atoms with Crippen LogP contribution < -0.4 is 19.5 Å². The maximum Gasteiger partial charge on any atom is 0.422 e. The van der Waals surface area contributed by atoms with Crippen molar-refractivity contribution in [1.29, 1.82) is 5.26 Å². The summed E-state index contributed by atoms with van der Waals surface area (Å²) in [5, 5.41) is 11.6. The molecule has 0 saturated carbocycles. The lowest BCUT2D eigenvalue weighted by Gasteiger charge is -2.13. The predicted octanol–water partition coefficient (Wildman–Crippen LogP) is 3.73. The molecule has 7 nitrogen and oxygen atoms in total. The van der Waals surface area contributed by atoms with Gasteiger partial charge in [0.2, 0.25) is 0 Å². The molecule has 2 aromatic carbocycles. The van der Waals surface area contributed by atoms with Crippen LogP contribution in [0.25, 0.3) is 0 Å². The molecule has 158 valence electrons. The molecular formula is C20H17F3N2O5. The zero-order valence-corrected chi connectivity index (χ0v) is 16.0. The first-order valence-electron chi connectivity index (χ1n) is 8.48. The van der Waals surface area contributed by atoms with Gasteiger partial charge >= 0.3 is 6.18 Å². The highest BCUT2D eigenvalue weighted by molar-refractivity contribution is 5.95. The third-order valence-electron chi connectivity index (χ3n) is 3.70. The number of halogens is 3. The van der Waals surface area contributed by atoms with Crippen molar-refractivity contribution in [2.45, 2.75) is 13.1 Å². The number of Topliss-reactive ketones (excluding diaryl/α,β-unsaturated/α-hetero) is 1. The molecular weight excluding hydrogens is 405 g/mol. The van der Waals surface area contributed by atoms with Crippen LogP contribution in [0.2, 0.25) is 0 Å². The van der Waals surface area contributed by atoms with Gasteiger partial charge in [0, 0.05) is 11.3 Å². The molecule has 30 heavy (non-hydrogen) atoms. The van der Waals surface area contributed by atoms with E-state index >= 15 is 0 Å². The van der Waals surface area contributed by atoms with Crippen LogP contribution in [0.5, 0.6) is 17.2 Å². The summed E-state index contributed by atoms with van der Waals surface area (Å²) >= 11 is 0. The Morgan fingerprint density at radius 3 is 2.37 bits per heavy atom. The van der Waals surface area contributed by atoms with Gasteiger partial charge in [0.05, 0.1) is 12.7 Å². The van der Waals surface area contributed by atoms with Crippen molar-refractivity contribution < 1.29 is 37.0 Å². The number of ether oxygens (including phenoxy) is 3. The number of benzene rings is 2. The molecule has 0 fully saturated rings. The molecule has 0 aliphatic rings. The number of ketones is 1. The number of amides is 1. The average Bonchev–Trinajstić information content (AvgIpc) is 2.70. The summed E-state index contributed by atoms with van der Waals surface area (Å²) in [6, 6.07) is 9.85. The Hall–Kier alpha value is -3.74. The number of nitrogens with zero attached hydrogens (tertiary/aromatic N) is 1. The Balaban J connectivity index is 2.01. The molecule has 0 spiro atoms. The van der Waals surface area contributed by atoms with E-state index < -0.39 is 25.3 Å². The second kappa shape index (κ2) is 9.65. The maximum absolute atomic E-state index is 12.3. The van der Waals surface area contributed by atoms with E-state index in [0.29, 0.717) is 5.56 Å². The van der Waals surface area contributed by atoms with E-state index in [0.717, 1.165) is 6.07 Å². The number of anilines is 1. The normalized spacial score (nSPS) is 10.7. The van der Waals surface area contributed by atoms with Gasteiger partial charge in [-0.25, -0.2) is 0 Å². The number of rotatable bonds is 8. The number of carbonyl (C=O) groups is 2. The van der Waals surface area contributed by atoms with Gasteiger partial charge in [-0.3, -0.25) is 9.59 Å². The fraction of sp³-hybridized carbons (Fsp3) is 0.250. The number of hydrogen-bond donors (Lipinski definition) is 1. The molecule has 0 unspecified atom stereocenters. The second-order valence-electron chi connectivity index (χ2n) is 5.99. The summed E-state index contributed by atoms with van der Waals surface area (Å²) in [7, 11) is 1.39. The summed E-state index contributed by atoms with van der Waals surface area (Å²) in [5.41, 5.74) is 0.429. The van der Waals surface area contributed by atoms with E-state index in [1.165, 1.54) is 44.4 Å². The Morgan fingerprint density at radius 2 is 1.77 bits per heavy atom. The molecule has 0 heterocycles. The van der Waals surface area contributed by atoms with Crippen LogP contribution >= 0.6 is 0 Å². The summed E-state index contributed by atoms with van der Waals surface area (Å²) < 4.78 is 51.9. The van der Waals surface area contributed by atoms with Crippen molar-refractivity contribution in [1.82, 2.24) is 0 Å². The third-order valence-corrected chi connectivity index (χ3v) is 3.70. The Labute approximate surface area is 170 Å². The monoisotopic (exact) mass is 422 g/mol. The van der Waals surface area contributed by atoms with E-state index in [2.05, 4.69) is 10.1 Å². The SMILES string of the molecule is COc1cc(C(C)=O)ccc1OCC(=O)Nc1ccc(OCC(F)(F)F)c(C#N)c1. The van der Waals surface area contributed by atoms with Gasteiger partial charge in [0.1, 0.15) is 11.8 Å². The molecule has 2 rings (SSSR count). The fourth-order valence-electron chi connectivity index (χ4n) is 2.33. The number of nitrogens with one attached hydrogen (secondary N) is 1. The van der Waals surface area contributed by atoms with Gasteiger partial charge in [0.25, 0.3) is 5.91 Å². The molecule has 1 amide bonds. The van der Waals surface area contributed by atoms with Gasteiger partial charge in [-0.2, -0.15) is 18.4 Å². The number of methoxy groups -OCH3 is 1. The first-order chi connectivity index (χ1) is 14.1. The van der Waals surface area contributed by atoms with Gasteiger partial charge < -0.3 is 19.5 Å². The van der Waals surface area contributed by atoms with E-state index in [9.17, 15) is 22.8 Å². The molecule has 0 aliphatic carbocycles. The molecule has 1 N–H and O–H groups in total. The van der Waals surface area contributed by atoms with Crippen molar-refractivity contribution in [3.05, 3.63) is 47.5 Å². The molecule has 10 heteroatoms. The van der Waals surface area contributed by atoms with Gasteiger partial charge in [-0.05, 0) is 43.3 Å². The van der Waals surface area contributed by atoms with E-state index in [1.807, 2.05) is 0 Å². The van der Waals surface area contributed by atoms with Gasteiger partial charge in [0.15, 0.2) is 30.5 Å². The standard InChI is InChI=1S/C20H17F3N2O5/c1-12(26)13-3-5-17(18(8-13)28-2)29-10-19(27)25-15-4-6-16(14(7-15)9-24)30-11-20(21,22)23/h3-8H,10-11H2,1-2H3,(H,25,27). The molecule has 0 aromatic heterocycles. The van der Waals surface area contributed by atoms with Crippen LogP contribution in [-0.2, 0) is 4.79 Å². The minimum Gasteiger partial charge on any atom is -0.493 e. The van der Waals surface area contributed by atoms with Crippen molar-refractivity contribution in [3.63, 3.8) is 0 Å². The molecule has 0 atom stereocenters. The first kappa shape index (κ1) is 22.5. The smallest absolute Gasteiger partial charge is 0.422 e. The van der Waals surface area contributed by atoms with Crippen molar-refractivity contribution in [3.8, 4) is 23.3 Å². The van der Waals surface area contributed by atoms with Crippen LogP contribution in [0.4, 0.5) is 18.9 Å². The predicted molar refractivity (Wildman–Crippen MR) is 99.8 cm³/mol. The number of alkyl halides is 3. The second-order valence-corrected chi connectivity index (χ2v) is 5.99. The lowest BCUT2D eigenvalue weighted by Crippen LogP contribution is -2.21. The summed E-state index contributed by atoms with van der Waals surface area (Å²) in [6.07, 6.45) is -4.54. The highest BCUT2D eigenvalue weighted by Crippen LogP contribution is 2.28. The first-order valence-corrected chi connectivity index (χ1v) is 8.48. The molecule has 0 aliphatic heterocycles. The van der Waals surface area contributed by atoms with Crippen LogP contribution in [0, 0.1) is 11.3 Å². The summed E-state index contributed by atoms with van der Waals surface area (Å²) in [6.45, 7) is -0.548. The topological polar surface area (TPSA) is 97.7 Å². The number of hydrogen-bond acceptors (Lipinski definition) is 6. The van der Waals surface area contributed by atoms with Crippen LogP contribution in [0.15, 0.2) is 36.4 Å².